The zero-order valence-electron chi connectivity index (χ0n) is 16.6. The van der Waals surface area contributed by atoms with Crippen LogP contribution in [0.1, 0.15) is 5.56 Å². The second kappa shape index (κ2) is 9.14. The van der Waals surface area contributed by atoms with E-state index in [4.69, 9.17) is 20.4 Å². The van der Waals surface area contributed by atoms with Crippen LogP contribution >= 0.6 is 0 Å². The lowest BCUT2D eigenvalue weighted by Crippen LogP contribution is -2.37. The van der Waals surface area contributed by atoms with Crippen LogP contribution in [-0.4, -0.2) is 56.7 Å². The highest BCUT2D eigenvalue weighted by Gasteiger charge is 2.17. The van der Waals surface area contributed by atoms with Gasteiger partial charge in [0.2, 0.25) is 11.9 Å². The third-order valence-electron chi connectivity index (χ3n) is 4.68. The number of nitrogen functional groups attached to an aromatic ring is 1. The molecule has 1 aromatic carbocycles. The first kappa shape index (κ1) is 20.2. The molecule has 4 rings (SSSR count). The summed E-state index contributed by atoms with van der Waals surface area (Å²) in [6.45, 7) is 3.28. The SMILES string of the molecule is CS(=O)c1cccc(CNc2cc(-c3cnc(N)nc3)nc(N3CCOCC3)n2)c1. The van der Waals surface area contributed by atoms with Crippen molar-refractivity contribution < 1.29 is 8.95 Å². The van der Waals surface area contributed by atoms with Gasteiger partial charge >= 0.3 is 0 Å². The molecule has 1 saturated heterocycles. The van der Waals surface area contributed by atoms with Crippen molar-refractivity contribution in [2.24, 2.45) is 0 Å². The predicted octanol–water partition coefficient (Wildman–Crippen LogP) is 1.70. The number of nitrogens with two attached hydrogens (primary N) is 1. The molecule has 10 heteroatoms. The molecule has 2 aromatic heterocycles. The van der Waals surface area contributed by atoms with Gasteiger partial charge in [-0.15, -0.1) is 0 Å². The van der Waals surface area contributed by atoms with Gasteiger partial charge in [0.25, 0.3) is 0 Å². The molecular weight excluding hydrogens is 402 g/mol. The van der Waals surface area contributed by atoms with Gasteiger partial charge in [0.1, 0.15) is 5.82 Å². The molecule has 3 N–H and O–H groups in total. The lowest BCUT2D eigenvalue weighted by Gasteiger charge is -2.27. The molecule has 0 spiro atoms. The minimum atomic E-state index is -1.02. The van der Waals surface area contributed by atoms with Crippen molar-refractivity contribution in [2.45, 2.75) is 11.4 Å². The van der Waals surface area contributed by atoms with Crippen LogP contribution in [0.15, 0.2) is 47.6 Å². The fourth-order valence-corrected chi connectivity index (χ4v) is 3.66. The molecule has 3 aromatic rings. The summed E-state index contributed by atoms with van der Waals surface area (Å²) in [7, 11) is -1.02. The average molecular weight is 426 g/mol. The predicted molar refractivity (Wildman–Crippen MR) is 117 cm³/mol. The maximum Gasteiger partial charge on any atom is 0.228 e. The van der Waals surface area contributed by atoms with Crippen molar-refractivity contribution in [3.8, 4) is 11.3 Å². The Morgan fingerprint density at radius 3 is 2.67 bits per heavy atom. The summed E-state index contributed by atoms with van der Waals surface area (Å²) in [5, 5.41) is 3.35. The van der Waals surface area contributed by atoms with E-state index in [2.05, 4.69) is 20.2 Å². The van der Waals surface area contributed by atoms with E-state index in [1.165, 1.54) is 0 Å². The number of anilines is 3. The highest BCUT2D eigenvalue weighted by molar-refractivity contribution is 7.84. The van der Waals surface area contributed by atoms with Crippen LogP contribution in [0.3, 0.4) is 0 Å². The molecule has 156 valence electrons. The third-order valence-corrected chi connectivity index (χ3v) is 5.60. The first-order valence-corrected chi connectivity index (χ1v) is 11.1. The van der Waals surface area contributed by atoms with Gasteiger partial charge in [-0.25, -0.2) is 15.0 Å². The maximum atomic E-state index is 11.8. The molecule has 1 atom stereocenters. The number of morpholine rings is 1. The van der Waals surface area contributed by atoms with E-state index < -0.39 is 10.8 Å². The van der Waals surface area contributed by atoms with Gasteiger partial charge in [0.15, 0.2) is 0 Å². The summed E-state index contributed by atoms with van der Waals surface area (Å²) in [6, 6.07) is 9.55. The largest absolute Gasteiger partial charge is 0.378 e. The molecule has 1 aliphatic rings. The summed E-state index contributed by atoms with van der Waals surface area (Å²) in [5.41, 5.74) is 8.10. The van der Waals surface area contributed by atoms with E-state index >= 15 is 0 Å². The van der Waals surface area contributed by atoms with Gasteiger partial charge in [-0.2, -0.15) is 4.98 Å². The summed E-state index contributed by atoms with van der Waals surface area (Å²) in [4.78, 5) is 20.4. The van der Waals surface area contributed by atoms with Crippen LogP contribution in [-0.2, 0) is 22.1 Å². The Kier molecular flexibility index (Phi) is 6.15. The number of rotatable bonds is 6. The number of ether oxygens (including phenoxy) is 1. The molecule has 0 bridgehead atoms. The minimum absolute atomic E-state index is 0.216. The molecule has 9 nitrogen and oxygen atoms in total. The Hall–Kier alpha value is -3.11. The fourth-order valence-electron chi connectivity index (χ4n) is 3.07. The Morgan fingerprint density at radius 2 is 1.93 bits per heavy atom. The van der Waals surface area contributed by atoms with E-state index in [1.54, 1.807) is 18.6 Å². The van der Waals surface area contributed by atoms with Crippen molar-refractivity contribution in [3.05, 3.63) is 48.3 Å². The topological polar surface area (TPSA) is 119 Å². The zero-order valence-corrected chi connectivity index (χ0v) is 17.4. The minimum Gasteiger partial charge on any atom is -0.378 e. The number of hydrogen-bond acceptors (Lipinski definition) is 9. The van der Waals surface area contributed by atoms with Crippen molar-refractivity contribution in [2.75, 3.05) is 48.5 Å². The van der Waals surface area contributed by atoms with Gasteiger partial charge in [-0.3, -0.25) is 4.21 Å². The Bertz CT molecular complexity index is 1040. The monoisotopic (exact) mass is 425 g/mol. The molecule has 0 aliphatic carbocycles. The second-order valence-electron chi connectivity index (χ2n) is 6.82. The van der Waals surface area contributed by atoms with Crippen LogP contribution in [0.2, 0.25) is 0 Å². The second-order valence-corrected chi connectivity index (χ2v) is 8.20. The molecule has 1 fully saturated rings. The van der Waals surface area contributed by atoms with Crippen molar-refractivity contribution in [1.29, 1.82) is 0 Å². The Labute approximate surface area is 177 Å². The quantitative estimate of drug-likeness (QED) is 0.608. The molecule has 0 radical (unpaired) electrons. The van der Waals surface area contributed by atoms with E-state index in [1.807, 2.05) is 30.3 Å². The van der Waals surface area contributed by atoms with Crippen LogP contribution in [0, 0.1) is 0 Å². The number of hydrogen-bond donors (Lipinski definition) is 2. The van der Waals surface area contributed by atoms with E-state index in [-0.39, 0.29) is 5.95 Å². The van der Waals surface area contributed by atoms with Crippen molar-refractivity contribution in [3.63, 3.8) is 0 Å². The normalized spacial score (nSPS) is 15.0. The van der Waals surface area contributed by atoms with E-state index in [0.29, 0.717) is 37.2 Å². The first-order chi connectivity index (χ1) is 14.6. The van der Waals surface area contributed by atoms with Crippen molar-refractivity contribution >= 4 is 28.5 Å². The number of benzene rings is 1. The van der Waals surface area contributed by atoms with Gasteiger partial charge in [0.05, 0.1) is 18.9 Å². The summed E-state index contributed by atoms with van der Waals surface area (Å²) < 4.78 is 17.2. The molecule has 3 heterocycles. The van der Waals surface area contributed by atoms with Crippen LogP contribution in [0.25, 0.3) is 11.3 Å². The summed E-state index contributed by atoms with van der Waals surface area (Å²) in [5.74, 6) is 1.52. The highest BCUT2D eigenvalue weighted by Crippen LogP contribution is 2.23. The Morgan fingerprint density at radius 1 is 1.17 bits per heavy atom. The highest BCUT2D eigenvalue weighted by atomic mass is 32.2. The van der Waals surface area contributed by atoms with Crippen molar-refractivity contribution in [1.82, 2.24) is 19.9 Å². The summed E-state index contributed by atoms with van der Waals surface area (Å²) >= 11 is 0. The van der Waals surface area contributed by atoms with Crippen LogP contribution in [0.4, 0.5) is 17.7 Å². The number of nitrogens with one attached hydrogen (secondary N) is 1. The van der Waals surface area contributed by atoms with Gasteiger partial charge < -0.3 is 20.7 Å². The first-order valence-electron chi connectivity index (χ1n) is 9.54. The lowest BCUT2D eigenvalue weighted by atomic mass is 10.2. The molecule has 1 aliphatic heterocycles. The van der Waals surface area contributed by atoms with Gasteiger partial charge in [-0.1, -0.05) is 12.1 Å². The van der Waals surface area contributed by atoms with Crippen LogP contribution < -0.4 is 16.0 Å². The maximum absolute atomic E-state index is 11.8. The molecule has 30 heavy (non-hydrogen) atoms. The number of aromatic nitrogens is 4. The third kappa shape index (κ3) is 4.89. The van der Waals surface area contributed by atoms with E-state index in [9.17, 15) is 4.21 Å². The average Bonchev–Trinajstić information content (AvgIpc) is 2.79. The van der Waals surface area contributed by atoms with E-state index in [0.717, 1.165) is 29.1 Å². The zero-order chi connectivity index (χ0) is 20.9. The summed E-state index contributed by atoms with van der Waals surface area (Å²) in [6.07, 6.45) is 4.97. The molecule has 1 unspecified atom stereocenters. The Balaban J connectivity index is 1.62. The standard InChI is InChI=1S/C20H23N7O2S/c1-30(28)16-4-2-3-14(9-16)11-22-18-10-17(15-12-23-19(21)24-13-15)25-20(26-18)27-5-7-29-8-6-27/h2-4,9-10,12-13H,5-8,11H2,1H3,(H2,21,23,24)(H,22,25,26). The smallest absolute Gasteiger partial charge is 0.228 e. The molecule has 0 saturated carbocycles. The lowest BCUT2D eigenvalue weighted by molar-refractivity contribution is 0.122. The van der Waals surface area contributed by atoms with Gasteiger partial charge in [-0.05, 0) is 17.7 Å². The van der Waals surface area contributed by atoms with Crippen LogP contribution in [0.5, 0.6) is 0 Å². The molecular formula is C20H23N7O2S. The molecule has 0 amide bonds. The fraction of sp³-hybridized carbons (Fsp3) is 0.300. The van der Waals surface area contributed by atoms with Gasteiger partial charge in [0, 0.05) is 65.6 Å². The number of nitrogens with zero attached hydrogens (tertiary/aromatic N) is 5.